The van der Waals surface area contributed by atoms with E-state index in [1.165, 1.54) is 5.56 Å². The summed E-state index contributed by atoms with van der Waals surface area (Å²) in [6, 6.07) is 10.7. The largest absolute Gasteiger partial charge is 0.329 e. The number of benzene rings is 1. The van der Waals surface area contributed by atoms with E-state index in [0.29, 0.717) is 0 Å². The maximum atomic E-state index is 5.75. The average Bonchev–Trinajstić information content (AvgIpc) is 2.62. The molecule has 4 N–H and O–H groups in total. The van der Waals surface area contributed by atoms with Gasteiger partial charge in [-0.2, -0.15) is 0 Å². The van der Waals surface area contributed by atoms with Crippen LogP contribution in [0.1, 0.15) is 5.56 Å². The zero-order valence-electron chi connectivity index (χ0n) is 13.7. The third-order valence-corrected chi connectivity index (χ3v) is 4.34. The summed E-state index contributed by atoms with van der Waals surface area (Å²) in [6.45, 7) is 11.0. The first-order valence-electron chi connectivity index (χ1n) is 8.43. The summed E-state index contributed by atoms with van der Waals surface area (Å²) in [5.74, 6) is 0. The van der Waals surface area contributed by atoms with Crippen LogP contribution >= 0.6 is 0 Å². The van der Waals surface area contributed by atoms with Crippen LogP contribution in [0.2, 0.25) is 0 Å². The Labute approximate surface area is 134 Å². The molecule has 0 atom stereocenters. The molecule has 1 aromatic carbocycles. The first-order valence-corrected chi connectivity index (χ1v) is 8.43. The van der Waals surface area contributed by atoms with Crippen LogP contribution in [-0.4, -0.2) is 80.1 Å². The fraction of sp³-hybridized carbons (Fsp3) is 0.647. The van der Waals surface area contributed by atoms with Crippen LogP contribution in [0.25, 0.3) is 0 Å². The summed E-state index contributed by atoms with van der Waals surface area (Å²) < 4.78 is 0. The third kappa shape index (κ3) is 6.02. The summed E-state index contributed by atoms with van der Waals surface area (Å²) in [6.07, 6.45) is 0. The highest BCUT2D eigenvalue weighted by atomic mass is 15.3. The molecule has 0 radical (unpaired) electrons. The van der Waals surface area contributed by atoms with E-state index in [1.807, 2.05) is 0 Å². The smallest absolute Gasteiger partial charge is 0.0234 e. The minimum Gasteiger partial charge on any atom is -0.329 e. The van der Waals surface area contributed by atoms with Gasteiger partial charge in [0.05, 0.1) is 0 Å². The first-order chi connectivity index (χ1) is 10.8. The van der Waals surface area contributed by atoms with E-state index in [9.17, 15) is 0 Å². The molecular formula is C17H31N5. The lowest BCUT2D eigenvalue weighted by molar-refractivity contribution is 0.215. The van der Waals surface area contributed by atoms with E-state index in [4.69, 9.17) is 11.5 Å². The van der Waals surface area contributed by atoms with Gasteiger partial charge < -0.3 is 11.5 Å². The van der Waals surface area contributed by atoms with Crippen molar-refractivity contribution < 1.29 is 0 Å². The van der Waals surface area contributed by atoms with Gasteiger partial charge in [0.15, 0.2) is 0 Å². The molecule has 1 aromatic rings. The molecule has 1 heterocycles. The number of rotatable bonds is 6. The van der Waals surface area contributed by atoms with Crippen molar-refractivity contribution in [3.63, 3.8) is 0 Å². The Bertz CT molecular complexity index is 379. The van der Waals surface area contributed by atoms with Crippen molar-refractivity contribution in [2.75, 3.05) is 65.4 Å². The average molecular weight is 305 g/mol. The van der Waals surface area contributed by atoms with Crippen LogP contribution in [-0.2, 0) is 6.54 Å². The van der Waals surface area contributed by atoms with Gasteiger partial charge in [-0.15, -0.1) is 0 Å². The van der Waals surface area contributed by atoms with Gasteiger partial charge in [0.25, 0.3) is 0 Å². The highest BCUT2D eigenvalue weighted by Crippen LogP contribution is 2.06. The Morgan fingerprint density at radius 2 is 1.14 bits per heavy atom. The maximum absolute atomic E-state index is 5.75. The minimum atomic E-state index is 0.732. The quantitative estimate of drug-likeness (QED) is 0.776. The molecule has 0 unspecified atom stereocenters. The fourth-order valence-corrected chi connectivity index (χ4v) is 3.00. The summed E-state index contributed by atoms with van der Waals surface area (Å²) in [5.41, 5.74) is 12.9. The van der Waals surface area contributed by atoms with E-state index < -0.39 is 0 Å². The van der Waals surface area contributed by atoms with Crippen LogP contribution in [0.5, 0.6) is 0 Å². The van der Waals surface area contributed by atoms with E-state index in [1.54, 1.807) is 0 Å². The van der Waals surface area contributed by atoms with E-state index in [2.05, 4.69) is 45.0 Å². The van der Waals surface area contributed by atoms with E-state index in [0.717, 1.165) is 72.0 Å². The number of nitrogens with two attached hydrogens (primary N) is 2. The Kier molecular flexibility index (Phi) is 7.83. The van der Waals surface area contributed by atoms with Gasteiger partial charge in [0, 0.05) is 72.0 Å². The second-order valence-electron chi connectivity index (χ2n) is 6.02. The SMILES string of the molecule is NCCN1CCN(CCN)CCN(Cc2ccccc2)CC1. The van der Waals surface area contributed by atoms with Crippen LogP contribution in [0.4, 0.5) is 0 Å². The second kappa shape index (κ2) is 9.92. The van der Waals surface area contributed by atoms with Gasteiger partial charge in [-0.1, -0.05) is 30.3 Å². The Balaban J connectivity index is 1.96. The molecule has 5 nitrogen and oxygen atoms in total. The lowest BCUT2D eigenvalue weighted by Gasteiger charge is -2.25. The number of nitrogens with zero attached hydrogens (tertiary/aromatic N) is 3. The monoisotopic (exact) mass is 305 g/mol. The minimum absolute atomic E-state index is 0.732. The molecular weight excluding hydrogens is 274 g/mol. The molecule has 22 heavy (non-hydrogen) atoms. The second-order valence-corrected chi connectivity index (χ2v) is 6.02. The summed E-state index contributed by atoms with van der Waals surface area (Å²) >= 11 is 0. The van der Waals surface area contributed by atoms with Crippen LogP contribution in [0, 0.1) is 0 Å². The molecule has 1 aliphatic rings. The zero-order chi connectivity index (χ0) is 15.6. The molecule has 124 valence electrons. The van der Waals surface area contributed by atoms with E-state index in [-0.39, 0.29) is 0 Å². The van der Waals surface area contributed by atoms with Crippen molar-refractivity contribution >= 4 is 0 Å². The summed E-state index contributed by atoms with van der Waals surface area (Å²) in [5, 5.41) is 0. The topological polar surface area (TPSA) is 61.8 Å². The lowest BCUT2D eigenvalue weighted by atomic mass is 10.2. The number of hydrogen-bond acceptors (Lipinski definition) is 5. The van der Waals surface area contributed by atoms with Crippen molar-refractivity contribution in [1.29, 1.82) is 0 Å². The molecule has 0 aliphatic carbocycles. The standard InChI is InChI=1S/C17H31N5/c18-6-8-20-10-11-21(9-7-19)13-15-22(14-12-20)16-17-4-2-1-3-5-17/h1-5H,6-16,18-19H2. The van der Waals surface area contributed by atoms with Crippen molar-refractivity contribution in [3.8, 4) is 0 Å². The molecule has 1 fully saturated rings. The van der Waals surface area contributed by atoms with Gasteiger partial charge in [-0.05, 0) is 5.56 Å². The first kappa shape index (κ1) is 17.4. The zero-order valence-corrected chi connectivity index (χ0v) is 13.7. The van der Waals surface area contributed by atoms with Crippen LogP contribution < -0.4 is 11.5 Å². The Morgan fingerprint density at radius 1 is 0.682 bits per heavy atom. The van der Waals surface area contributed by atoms with Gasteiger partial charge in [0.2, 0.25) is 0 Å². The Morgan fingerprint density at radius 3 is 1.59 bits per heavy atom. The predicted molar refractivity (Wildman–Crippen MR) is 92.7 cm³/mol. The molecule has 0 spiro atoms. The van der Waals surface area contributed by atoms with Crippen LogP contribution in [0.3, 0.4) is 0 Å². The summed E-state index contributed by atoms with van der Waals surface area (Å²) in [7, 11) is 0. The van der Waals surface area contributed by atoms with Gasteiger partial charge in [-0.25, -0.2) is 0 Å². The van der Waals surface area contributed by atoms with Crippen molar-refractivity contribution in [1.82, 2.24) is 14.7 Å². The van der Waals surface area contributed by atoms with Crippen LogP contribution in [0.15, 0.2) is 30.3 Å². The Hall–Kier alpha value is -0.980. The van der Waals surface area contributed by atoms with Gasteiger partial charge >= 0.3 is 0 Å². The van der Waals surface area contributed by atoms with Crippen molar-refractivity contribution in [2.45, 2.75) is 6.54 Å². The van der Waals surface area contributed by atoms with Gasteiger partial charge in [0.1, 0.15) is 0 Å². The molecule has 2 rings (SSSR count). The molecule has 0 bridgehead atoms. The normalized spacial score (nSPS) is 19.5. The lowest BCUT2D eigenvalue weighted by Crippen LogP contribution is -2.39. The van der Waals surface area contributed by atoms with Gasteiger partial charge in [-0.3, -0.25) is 14.7 Å². The fourth-order valence-electron chi connectivity index (χ4n) is 3.00. The highest BCUT2D eigenvalue weighted by molar-refractivity contribution is 5.14. The molecule has 0 saturated carbocycles. The summed E-state index contributed by atoms with van der Waals surface area (Å²) in [4.78, 5) is 7.51. The molecule has 5 heteroatoms. The number of hydrogen-bond donors (Lipinski definition) is 2. The van der Waals surface area contributed by atoms with E-state index >= 15 is 0 Å². The highest BCUT2D eigenvalue weighted by Gasteiger charge is 2.15. The molecule has 1 aliphatic heterocycles. The maximum Gasteiger partial charge on any atom is 0.0234 e. The third-order valence-electron chi connectivity index (χ3n) is 4.34. The van der Waals surface area contributed by atoms with Crippen molar-refractivity contribution in [2.24, 2.45) is 11.5 Å². The molecule has 1 saturated heterocycles. The predicted octanol–water partition coefficient (Wildman–Crippen LogP) is 0.0236. The molecule has 0 amide bonds. The van der Waals surface area contributed by atoms with Crippen molar-refractivity contribution in [3.05, 3.63) is 35.9 Å². The molecule has 0 aromatic heterocycles.